The molecule has 4 aliphatic rings. The number of anilines is 1. The van der Waals surface area contributed by atoms with Crippen LogP contribution in [0.2, 0.25) is 5.02 Å². The molecule has 1 aliphatic carbocycles. The van der Waals surface area contributed by atoms with Crippen molar-refractivity contribution < 1.29 is 28.4 Å². The van der Waals surface area contributed by atoms with Crippen molar-refractivity contribution in [3.63, 3.8) is 0 Å². The molecule has 0 bridgehead atoms. The Labute approximate surface area is 216 Å². The van der Waals surface area contributed by atoms with Crippen molar-refractivity contribution in [3.05, 3.63) is 51.8 Å². The second kappa shape index (κ2) is 9.21. The van der Waals surface area contributed by atoms with Gasteiger partial charge in [-0.15, -0.1) is 0 Å². The molecule has 9 nitrogen and oxygen atoms in total. The monoisotopic (exact) mass is 528 g/mol. The summed E-state index contributed by atoms with van der Waals surface area (Å²) in [7, 11) is 0. The molecule has 0 saturated carbocycles. The summed E-state index contributed by atoms with van der Waals surface area (Å²) in [5.74, 6) is 0.214. The molecule has 5 atom stereocenters. The van der Waals surface area contributed by atoms with Crippen molar-refractivity contribution in [2.24, 2.45) is 0 Å². The number of aromatic amines is 1. The Morgan fingerprint density at radius 3 is 2.89 bits per heavy atom. The molecule has 3 N–H and O–H groups in total. The highest BCUT2D eigenvalue weighted by Gasteiger charge is 2.48. The van der Waals surface area contributed by atoms with E-state index >= 15 is 4.39 Å². The zero-order valence-corrected chi connectivity index (χ0v) is 20.6. The van der Waals surface area contributed by atoms with Crippen LogP contribution in [0, 0.1) is 5.82 Å². The summed E-state index contributed by atoms with van der Waals surface area (Å²) >= 11 is 6.55. The van der Waals surface area contributed by atoms with Crippen LogP contribution < -0.4 is 10.1 Å². The number of aliphatic hydroxyl groups is 1. The van der Waals surface area contributed by atoms with Gasteiger partial charge in [0.2, 0.25) is 0 Å². The number of nitrogens with one attached hydrogen (secondary N) is 2. The normalized spacial score (nSPS) is 28.8. The minimum absolute atomic E-state index is 0.223. The number of rotatable bonds is 5. The summed E-state index contributed by atoms with van der Waals surface area (Å²) < 4.78 is 37.9. The van der Waals surface area contributed by atoms with Gasteiger partial charge in [-0.2, -0.15) is 4.98 Å². The molecule has 37 heavy (non-hydrogen) atoms. The van der Waals surface area contributed by atoms with Crippen molar-refractivity contribution >= 4 is 34.2 Å². The van der Waals surface area contributed by atoms with E-state index < -0.39 is 18.3 Å². The number of fused-ring (bicyclic) bond motifs is 3. The fraction of sp³-hybridized carbons (Fsp3) is 0.462. The molecule has 1 unspecified atom stereocenters. The molecule has 2 saturated heterocycles. The molecular formula is C26H26ClFN4O5. The van der Waals surface area contributed by atoms with Gasteiger partial charge in [0.05, 0.1) is 43.0 Å². The second-order valence-electron chi connectivity index (χ2n) is 9.87. The zero-order valence-electron chi connectivity index (χ0n) is 19.9. The van der Waals surface area contributed by atoms with Gasteiger partial charge in [0, 0.05) is 5.56 Å². The highest BCUT2D eigenvalue weighted by Crippen LogP contribution is 2.39. The number of aryl methyl sites for hydroxylation is 1. The lowest BCUT2D eigenvalue weighted by atomic mass is 9.96. The first kappa shape index (κ1) is 23.4. The lowest BCUT2D eigenvalue weighted by Crippen LogP contribution is -2.34. The van der Waals surface area contributed by atoms with Crippen LogP contribution in [0.4, 0.5) is 10.2 Å². The molecule has 0 amide bonds. The summed E-state index contributed by atoms with van der Waals surface area (Å²) in [6.07, 6.45) is 2.53. The molecule has 7 rings (SSSR count). The second-order valence-corrected chi connectivity index (χ2v) is 10.3. The number of aliphatic hydroxyl groups excluding tert-OH is 1. The largest absolute Gasteiger partial charge is 0.456 e. The van der Waals surface area contributed by atoms with Gasteiger partial charge in [-0.1, -0.05) is 23.7 Å². The number of halogens is 2. The van der Waals surface area contributed by atoms with Gasteiger partial charge in [-0.25, -0.2) is 9.37 Å². The molecule has 3 aromatic rings. The standard InChI is InChI=1S/C26H26ClFN4O5/c27-15-9-18-25(32-26(30-18)37-20-11-36-22-19(33)10-35-23(20)22)31-24(15)29-17-2-1-13-7-14(8-16(28)21(13)17)12-3-5-34-6-4-12/h3,7-9,17,19-20,22-23,33H,1-2,4-6,10-11H2,(H2,29,30,31,32)/t17?,19-,20-,22-,23-/m1/s1. The quantitative estimate of drug-likeness (QED) is 0.461. The van der Waals surface area contributed by atoms with Crippen LogP contribution in [-0.4, -0.2) is 70.9 Å². The van der Waals surface area contributed by atoms with Crippen LogP contribution in [-0.2, 0) is 20.6 Å². The molecule has 0 spiro atoms. The Kier molecular flexibility index (Phi) is 5.82. The van der Waals surface area contributed by atoms with Crippen molar-refractivity contribution in [1.82, 2.24) is 15.0 Å². The summed E-state index contributed by atoms with van der Waals surface area (Å²) in [4.78, 5) is 12.1. The topological polar surface area (TPSA) is 111 Å². The molecular weight excluding hydrogens is 503 g/mol. The Balaban J connectivity index is 1.11. The van der Waals surface area contributed by atoms with E-state index in [0.29, 0.717) is 47.4 Å². The smallest absolute Gasteiger partial charge is 0.296 e. The van der Waals surface area contributed by atoms with E-state index in [1.807, 2.05) is 6.08 Å². The van der Waals surface area contributed by atoms with Crippen LogP contribution >= 0.6 is 11.6 Å². The average Bonchev–Trinajstić information content (AvgIpc) is 3.66. The fourth-order valence-corrected chi connectivity index (χ4v) is 5.95. The van der Waals surface area contributed by atoms with Crippen LogP contribution in [0.5, 0.6) is 6.01 Å². The molecule has 1 aromatic carbocycles. The first-order valence-corrected chi connectivity index (χ1v) is 12.9. The highest BCUT2D eigenvalue weighted by atomic mass is 35.5. The van der Waals surface area contributed by atoms with E-state index in [4.69, 9.17) is 30.5 Å². The summed E-state index contributed by atoms with van der Waals surface area (Å²) in [6.45, 7) is 1.75. The maximum atomic E-state index is 15.3. The fourth-order valence-electron chi connectivity index (χ4n) is 5.74. The summed E-state index contributed by atoms with van der Waals surface area (Å²) in [6, 6.07) is 5.46. The molecule has 2 fully saturated rings. The molecule has 194 valence electrons. The van der Waals surface area contributed by atoms with Gasteiger partial charge in [0.1, 0.15) is 29.9 Å². The van der Waals surface area contributed by atoms with Gasteiger partial charge >= 0.3 is 0 Å². The summed E-state index contributed by atoms with van der Waals surface area (Å²) in [5.41, 5.74) is 4.76. The number of nitrogens with zero attached hydrogens (tertiary/aromatic N) is 2. The Morgan fingerprint density at radius 2 is 2.03 bits per heavy atom. The molecule has 2 aromatic heterocycles. The van der Waals surface area contributed by atoms with Crippen LogP contribution in [0.25, 0.3) is 16.7 Å². The Hall–Kier alpha value is -2.76. The number of pyridine rings is 1. The first-order valence-electron chi connectivity index (χ1n) is 12.5. The molecule has 5 heterocycles. The highest BCUT2D eigenvalue weighted by molar-refractivity contribution is 6.33. The molecule has 3 aliphatic heterocycles. The van der Waals surface area contributed by atoms with Gasteiger partial charge < -0.3 is 34.4 Å². The van der Waals surface area contributed by atoms with E-state index in [-0.39, 0.29) is 30.6 Å². The summed E-state index contributed by atoms with van der Waals surface area (Å²) in [5, 5.41) is 13.7. The van der Waals surface area contributed by atoms with E-state index in [0.717, 1.165) is 36.0 Å². The lowest BCUT2D eigenvalue weighted by Gasteiger charge is -2.18. The number of H-pyrrole nitrogens is 1. The number of ether oxygens (including phenoxy) is 4. The molecule has 0 radical (unpaired) electrons. The SMILES string of the molecule is O[C@@H]1CO[C@H]2[C@@H]1OC[C@H]2Oc1nc2nc(NC3CCc4cc(C5=CCOCC5)cc(F)c43)c(Cl)cc2[nH]1. The van der Waals surface area contributed by atoms with Gasteiger partial charge in [-0.3, -0.25) is 0 Å². The number of aromatic nitrogens is 3. The van der Waals surface area contributed by atoms with Gasteiger partial charge in [-0.05, 0) is 48.1 Å². The third-order valence-electron chi connectivity index (χ3n) is 7.56. The first-order chi connectivity index (χ1) is 18.0. The predicted molar refractivity (Wildman–Crippen MR) is 133 cm³/mol. The van der Waals surface area contributed by atoms with Crippen molar-refractivity contribution in [2.45, 2.75) is 49.7 Å². The average molecular weight is 529 g/mol. The van der Waals surface area contributed by atoms with Gasteiger partial charge in [0.15, 0.2) is 11.8 Å². The number of benzene rings is 1. The number of imidazole rings is 1. The van der Waals surface area contributed by atoms with E-state index in [9.17, 15) is 5.11 Å². The molecule has 11 heteroatoms. The maximum Gasteiger partial charge on any atom is 0.296 e. The van der Waals surface area contributed by atoms with Crippen molar-refractivity contribution in [1.29, 1.82) is 0 Å². The van der Waals surface area contributed by atoms with E-state index in [1.165, 1.54) is 0 Å². The van der Waals surface area contributed by atoms with Crippen molar-refractivity contribution in [3.8, 4) is 6.01 Å². The van der Waals surface area contributed by atoms with Crippen LogP contribution in [0.1, 0.15) is 35.6 Å². The number of hydrogen-bond donors (Lipinski definition) is 3. The third-order valence-corrected chi connectivity index (χ3v) is 7.85. The lowest BCUT2D eigenvalue weighted by molar-refractivity contribution is 0.00706. The van der Waals surface area contributed by atoms with E-state index in [2.05, 4.69) is 26.3 Å². The Morgan fingerprint density at radius 1 is 1.14 bits per heavy atom. The minimum atomic E-state index is -0.653. The van der Waals surface area contributed by atoms with Gasteiger partial charge in [0.25, 0.3) is 6.01 Å². The third kappa shape index (κ3) is 4.17. The minimum Gasteiger partial charge on any atom is -0.456 e. The van der Waals surface area contributed by atoms with Crippen molar-refractivity contribution in [2.75, 3.05) is 31.7 Å². The van der Waals surface area contributed by atoms with E-state index in [1.54, 1.807) is 12.1 Å². The Bertz CT molecular complexity index is 1400. The predicted octanol–water partition coefficient (Wildman–Crippen LogP) is 3.56. The van der Waals surface area contributed by atoms with Crippen LogP contribution in [0.3, 0.4) is 0 Å². The zero-order chi connectivity index (χ0) is 25.1. The van der Waals surface area contributed by atoms with Crippen LogP contribution in [0.15, 0.2) is 24.3 Å². The maximum absolute atomic E-state index is 15.3. The number of hydrogen-bond acceptors (Lipinski definition) is 8.